The summed E-state index contributed by atoms with van der Waals surface area (Å²) in [5.74, 6) is 0.656. The average Bonchev–Trinajstić information content (AvgIpc) is 2.76. The number of nitrogens with zero attached hydrogens (tertiary/aromatic N) is 1. The van der Waals surface area contributed by atoms with Gasteiger partial charge in [0.1, 0.15) is 0 Å². The van der Waals surface area contributed by atoms with E-state index in [0.29, 0.717) is 11.5 Å². The molecule has 0 saturated carbocycles. The number of aryl methyl sites for hydroxylation is 1. The lowest BCUT2D eigenvalue weighted by Gasteiger charge is -2.14. The van der Waals surface area contributed by atoms with E-state index >= 15 is 0 Å². The lowest BCUT2D eigenvalue weighted by Crippen LogP contribution is -2.40. The molecular formula is C11H15F3N2O2S2. The summed E-state index contributed by atoms with van der Waals surface area (Å²) < 4.78 is 36.0. The number of thiazole rings is 1. The Kier molecular flexibility index (Phi) is 6.77. The van der Waals surface area contributed by atoms with Crippen molar-refractivity contribution >= 4 is 29.0 Å². The predicted molar refractivity (Wildman–Crippen MR) is 72.7 cm³/mol. The Hall–Kier alpha value is -0.800. The molecule has 4 nitrogen and oxygen atoms in total. The highest BCUT2D eigenvalue weighted by atomic mass is 32.2. The highest BCUT2D eigenvalue weighted by Crippen LogP contribution is 2.19. The van der Waals surface area contributed by atoms with Gasteiger partial charge in [0.05, 0.1) is 17.2 Å². The first-order chi connectivity index (χ1) is 9.29. The summed E-state index contributed by atoms with van der Waals surface area (Å²) in [6.45, 7) is 1.09. The first-order valence-electron chi connectivity index (χ1n) is 5.79. The zero-order chi connectivity index (χ0) is 15.2. The number of nitrogens with one attached hydrogen (secondary N) is 1. The largest absolute Gasteiger partial charge is 0.416 e. The molecular weight excluding hydrogens is 313 g/mol. The Labute approximate surface area is 122 Å². The Balaban J connectivity index is 2.11. The number of aliphatic hydroxyl groups excluding tert-OH is 1. The summed E-state index contributed by atoms with van der Waals surface area (Å²) in [4.78, 5) is 15.5. The number of hydrogen-bond donors (Lipinski definition) is 2. The van der Waals surface area contributed by atoms with E-state index in [-0.39, 0.29) is 6.42 Å². The smallest absolute Gasteiger partial charge is 0.382 e. The highest BCUT2D eigenvalue weighted by molar-refractivity contribution is 7.98. The molecule has 0 spiro atoms. The van der Waals surface area contributed by atoms with Crippen molar-refractivity contribution in [1.29, 1.82) is 0 Å². The summed E-state index contributed by atoms with van der Waals surface area (Å²) in [6.07, 6.45) is -7.11. The maximum Gasteiger partial charge on any atom is 0.416 e. The maximum absolute atomic E-state index is 12.0. The van der Waals surface area contributed by atoms with Crippen molar-refractivity contribution in [2.45, 2.75) is 31.4 Å². The van der Waals surface area contributed by atoms with Gasteiger partial charge in [-0.25, -0.2) is 4.98 Å². The number of aromatic nitrogens is 1. The van der Waals surface area contributed by atoms with E-state index < -0.39 is 24.7 Å². The molecule has 1 amide bonds. The molecule has 1 heterocycles. The van der Waals surface area contributed by atoms with Crippen LogP contribution in [0.15, 0.2) is 5.38 Å². The molecule has 2 N–H and O–H groups in total. The topological polar surface area (TPSA) is 62.2 Å². The molecule has 0 saturated heterocycles. The average molecular weight is 328 g/mol. The van der Waals surface area contributed by atoms with Crippen LogP contribution < -0.4 is 5.32 Å². The second kappa shape index (κ2) is 7.84. The van der Waals surface area contributed by atoms with Gasteiger partial charge in [0, 0.05) is 23.3 Å². The van der Waals surface area contributed by atoms with Gasteiger partial charge in [-0.2, -0.15) is 24.9 Å². The third-order valence-corrected chi connectivity index (χ3v) is 4.08. The summed E-state index contributed by atoms with van der Waals surface area (Å²) >= 11 is 3.03. The van der Waals surface area contributed by atoms with E-state index in [0.717, 1.165) is 10.7 Å². The van der Waals surface area contributed by atoms with Crippen molar-refractivity contribution in [3.8, 4) is 0 Å². The normalized spacial score (nSPS) is 13.2. The predicted octanol–water partition coefficient (Wildman–Crippen LogP) is 2.11. The van der Waals surface area contributed by atoms with Gasteiger partial charge in [-0.05, 0) is 6.92 Å². The Morgan fingerprint density at radius 1 is 1.60 bits per heavy atom. The summed E-state index contributed by atoms with van der Waals surface area (Å²) in [5, 5.41) is 13.7. The number of rotatable bonds is 7. The second-order valence-electron chi connectivity index (χ2n) is 4.02. The van der Waals surface area contributed by atoms with Crippen molar-refractivity contribution < 1.29 is 23.1 Å². The van der Waals surface area contributed by atoms with Crippen LogP contribution in [0.5, 0.6) is 0 Å². The van der Waals surface area contributed by atoms with Crippen molar-refractivity contribution in [2.24, 2.45) is 0 Å². The van der Waals surface area contributed by atoms with Crippen LogP contribution in [0.4, 0.5) is 13.2 Å². The molecule has 9 heteroatoms. The standard InChI is InChI=1S/C11H15F3N2O2S2/c1-7-16-8(6-20-7)5-19-3-2-10(18)15-4-9(17)11(12,13)14/h6,9,17H,2-5H2,1H3,(H,15,18). The minimum absolute atomic E-state index is 0.109. The van der Waals surface area contributed by atoms with E-state index in [4.69, 9.17) is 5.11 Å². The quantitative estimate of drug-likeness (QED) is 0.753. The van der Waals surface area contributed by atoms with E-state index in [1.807, 2.05) is 12.3 Å². The molecule has 1 aromatic heterocycles. The lowest BCUT2D eigenvalue weighted by atomic mass is 10.3. The minimum Gasteiger partial charge on any atom is -0.382 e. The molecule has 1 unspecified atom stereocenters. The number of hydrogen-bond acceptors (Lipinski definition) is 5. The molecule has 0 aliphatic carbocycles. The molecule has 114 valence electrons. The molecule has 0 fully saturated rings. The van der Waals surface area contributed by atoms with Crippen LogP contribution >= 0.6 is 23.1 Å². The van der Waals surface area contributed by atoms with E-state index in [1.54, 1.807) is 11.3 Å². The fourth-order valence-electron chi connectivity index (χ4n) is 1.23. The SMILES string of the molecule is Cc1nc(CSCCC(=O)NCC(O)C(F)(F)F)cs1. The van der Waals surface area contributed by atoms with E-state index in [9.17, 15) is 18.0 Å². The maximum atomic E-state index is 12.0. The summed E-state index contributed by atoms with van der Waals surface area (Å²) in [6, 6.07) is 0. The number of amides is 1. The third-order valence-electron chi connectivity index (χ3n) is 2.26. The van der Waals surface area contributed by atoms with Crippen molar-refractivity contribution in [1.82, 2.24) is 10.3 Å². The van der Waals surface area contributed by atoms with Crippen molar-refractivity contribution in [3.63, 3.8) is 0 Å². The molecule has 0 radical (unpaired) electrons. The molecule has 0 aliphatic heterocycles. The first-order valence-corrected chi connectivity index (χ1v) is 7.82. The van der Waals surface area contributed by atoms with Gasteiger partial charge in [0.2, 0.25) is 5.91 Å². The Morgan fingerprint density at radius 3 is 2.85 bits per heavy atom. The van der Waals surface area contributed by atoms with E-state index in [2.05, 4.69) is 10.3 Å². The molecule has 0 bridgehead atoms. The van der Waals surface area contributed by atoms with Crippen LogP contribution in [-0.4, -0.2) is 40.6 Å². The first kappa shape index (κ1) is 17.3. The highest BCUT2D eigenvalue weighted by Gasteiger charge is 2.38. The summed E-state index contributed by atoms with van der Waals surface area (Å²) in [5.41, 5.74) is 0.936. The number of carbonyl (C=O) groups excluding carboxylic acids is 1. The van der Waals surface area contributed by atoms with Gasteiger partial charge in [-0.3, -0.25) is 4.79 Å². The van der Waals surface area contributed by atoms with Crippen LogP contribution in [0.1, 0.15) is 17.1 Å². The Morgan fingerprint density at radius 2 is 2.30 bits per heavy atom. The molecule has 1 rings (SSSR count). The lowest BCUT2D eigenvalue weighted by molar-refractivity contribution is -0.201. The fourth-order valence-corrected chi connectivity index (χ4v) is 2.78. The number of carbonyl (C=O) groups is 1. The second-order valence-corrected chi connectivity index (χ2v) is 6.19. The minimum atomic E-state index is -4.70. The number of halogens is 3. The van der Waals surface area contributed by atoms with Crippen molar-refractivity contribution in [2.75, 3.05) is 12.3 Å². The number of alkyl halides is 3. The molecule has 1 aromatic rings. The zero-order valence-electron chi connectivity index (χ0n) is 10.7. The summed E-state index contributed by atoms with van der Waals surface area (Å²) in [7, 11) is 0. The number of aliphatic hydroxyl groups is 1. The molecule has 0 aliphatic rings. The van der Waals surface area contributed by atoms with Gasteiger partial charge >= 0.3 is 6.18 Å². The van der Waals surface area contributed by atoms with Crippen LogP contribution in [0.3, 0.4) is 0 Å². The van der Waals surface area contributed by atoms with Crippen LogP contribution in [0.25, 0.3) is 0 Å². The van der Waals surface area contributed by atoms with Gasteiger partial charge in [0.25, 0.3) is 0 Å². The molecule has 20 heavy (non-hydrogen) atoms. The van der Waals surface area contributed by atoms with Crippen LogP contribution in [0.2, 0.25) is 0 Å². The Bertz CT molecular complexity index is 438. The van der Waals surface area contributed by atoms with E-state index in [1.165, 1.54) is 11.8 Å². The van der Waals surface area contributed by atoms with Gasteiger partial charge in [0.15, 0.2) is 6.10 Å². The third kappa shape index (κ3) is 6.58. The van der Waals surface area contributed by atoms with Crippen LogP contribution in [0, 0.1) is 6.92 Å². The zero-order valence-corrected chi connectivity index (χ0v) is 12.4. The van der Waals surface area contributed by atoms with Gasteiger partial charge in [-0.1, -0.05) is 0 Å². The number of thioether (sulfide) groups is 1. The van der Waals surface area contributed by atoms with Crippen LogP contribution in [-0.2, 0) is 10.5 Å². The molecule has 0 aromatic carbocycles. The van der Waals surface area contributed by atoms with Gasteiger partial charge in [-0.15, -0.1) is 11.3 Å². The molecule has 1 atom stereocenters. The monoisotopic (exact) mass is 328 g/mol. The van der Waals surface area contributed by atoms with Crippen molar-refractivity contribution in [3.05, 3.63) is 16.1 Å². The van der Waals surface area contributed by atoms with Gasteiger partial charge < -0.3 is 10.4 Å². The fraction of sp³-hybridized carbons (Fsp3) is 0.636.